The Balaban J connectivity index is 1.65. The first-order valence-electron chi connectivity index (χ1n) is 9.44. The van der Waals surface area contributed by atoms with E-state index in [1.807, 2.05) is 0 Å². The number of rotatable bonds is 3. The summed E-state index contributed by atoms with van der Waals surface area (Å²) in [5, 5.41) is 12.8. The molecule has 0 spiro atoms. The van der Waals surface area contributed by atoms with Crippen molar-refractivity contribution in [2.75, 3.05) is 26.3 Å². The maximum absolute atomic E-state index is 13.8. The van der Waals surface area contributed by atoms with Crippen molar-refractivity contribution in [1.29, 1.82) is 0 Å². The number of amides is 2. The Morgan fingerprint density at radius 3 is 2.87 bits per heavy atom. The number of benzene rings is 1. The number of fused-ring (bicyclic) bond motifs is 4. The summed E-state index contributed by atoms with van der Waals surface area (Å²) >= 11 is 0. The lowest BCUT2D eigenvalue weighted by atomic mass is 10.1. The van der Waals surface area contributed by atoms with Gasteiger partial charge in [0.05, 0.1) is 12.6 Å². The predicted octanol–water partition coefficient (Wildman–Crippen LogP) is 1.18. The summed E-state index contributed by atoms with van der Waals surface area (Å²) in [6.07, 6.45) is 1.86. The van der Waals surface area contributed by atoms with E-state index in [0.29, 0.717) is 32.2 Å². The number of nitrogens with one attached hydrogen (secondary N) is 1. The van der Waals surface area contributed by atoms with Gasteiger partial charge in [-0.05, 0) is 12.5 Å². The average Bonchev–Trinajstić information content (AvgIpc) is 2.68. The van der Waals surface area contributed by atoms with Gasteiger partial charge in [-0.25, -0.2) is 8.78 Å². The van der Waals surface area contributed by atoms with Gasteiger partial charge in [-0.3, -0.25) is 14.4 Å². The molecule has 0 unspecified atom stereocenters. The van der Waals surface area contributed by atoms with E-state index in [1.165, 1.54) is 16.8 Å². The second-order valence-electron chi connectivity index (χ2n) is 7.23. The monoisotopic (exact) mass is 419 g/mol. The second kappa shape index (κ2) is 7.86. The van der Waals surface area contributed by atoms with Crippen LogP contribution in [0.25, 0.3) is 0 Å². The van der Waals surface area contributed by atoms with E-state index in [2.05, 4.69) is 5.32 Å². The molecule has 2 bridgehead atoms. The van der Waals surface area contributed by atoms with Crippen LogP contribution >= 0.6 is 0 Å². The Labute approximate surface area is 169 Å². The highest BCUT2D eigenvalue weighted by Gasteiger charge is 2.36. The fourth-order valence-electron chi connectivity index (χ4n) is 3.69. The highest BCUT2D eigenvalue weighted by atomic mass is 19.1. The van der Waals surface area contributed by atoms with E-state index in [9.17, 15) is 28.3 Å². The summed E-state index contributed by atoms with van der Waals surface area (Å²) in [7, 11) is 0. The summed E-state index contributed by atoms with van der Waals surface area (Å²) in [5.74, 6) is -3.73. The lowest BCUT2D eigenvalue weighted by molar-refractivity contribution is 0.0323. The van der Waals surface area contributed by atoms with Crippen LogP contribution in [0.3, 0.4) is 0 Å². The summed E-state index contributed by atoms with van der Waals surface area (Å²) in [6, 6.07) is 2.55. The molecule has 1 fully saturated rings. The molecule has 30 heavy (non-hydrogen) atoms. The number of aromatic nitrogens is 1. The molecule has 1 atom stereocenters. The van der Waals surface area contributed by atoms with E-state index in [0.717, 1.165) is 6.07 Å². The van der Waals surface area contributed by atoms with Gasteiger partial charge < -0.3 is 24.6 Å². The van der Waals surface area contributed by atoms with Gasteiger partial charge in [0.1, 0.15) is 17.2 Å². The molecule has 10 heteroatoms. The number of aromatic hydroxyl groups is 1. The van der Waals surface area contributed by atoms with Gasteiger partial charge in [0.15, 0.2) is 11.4 Å². The van der Waals surface area contributed by atoms with Gasteiger partial charge in [0.25, 0.3) is 11.8 Å². The first kappa shape index (κ1) is 20.0. The van der Waals surface area contributed by atoms with Crippen molar-refractivity contribution in [3.05, 3.63) is 63.1 Å². The van der Waals surface area contributed by atoms with Crippen molar-refractivity contribution >= 4 is 11.8 Å². The molecule has 1 saturated heterocycles. The zero-order valence-corrected chi connectivity index (χ0v) is 15.9. The Bertz CT molecular complexity index is 1080. The third-order valence-corrected chi connectivity index (χ3v) is 5.25. The number of nitrogens with zero attached hydrogens (tertiary/aromatic N) is 2. The fourth-order valence-corrected chi connectivity index (χ4v) is 3.69. The van der Waals surface area contributed by atoms with Crippen LogP contribution in [0.5, 0.6) is 5.75 Å². The minimum Gasteiger partial charge on any atom is -0.503 e. The third-order valence-electron chi connectivity index (χ3n) is 5.25. The third kappa shape index (κ3) is 3.54. The summed E-state index contributed by atoms with van der Waals surface area (Å²) in [6.45, 7) is 1.20. The number of hydrogen-bond donors (Lipinski definition) is 2. The van der Waals surface area contributed by atoms with E-state index < -0.39 is 34.6 Å². The largest absolute Gasteiger partial charge is 0.503 e. The van der Waals surface area contributed by atoms with Crippen LogP contribution in [0.1, 0.15) is 38.9 Å². The molecular formula is C20H19F2N3O5. The summed E-state index contributed by atoms with van der Waals surface area (Å²) in [4.78, 5) is 39.4. The zero-order chi connectivity index (χ0) is 21.4. The van der Waals surface area contributed by atoms with Gasteiger partial charge in [-0.1, -0.05) is 6.07 Å². The number of hydrogen-bond acceptors (Lipinski definition) is 5. The topological polar surface area (TPSA) is 101 Å². The lowest BCUT2D eigenvalue weighted by Crippen LogP contribution is -2.48. The van der Waals surface area contributed by atoms with Crippen LogP contribution in [0.4, 0.5) is 8.78 Å². The molecular weight excluding hydrogens is 400 g/mol. The molecule has 3 heterocycles. The van der Waals surface area contributed by atoms with Crippen molar-refractivity contribution in [2.24, 2.45) is 0 Å². The van der Waals surface area contributed by atoms with Crippen LogP contribution < -0.4 is 10.7 Å². The molecule has 158 valence electrons. The molecule has 2 amide bonds. The van der Waals surface area contributed by atoms with Crippen LogP contribution in [0.15, 0.2) is 29.2 Å². The van der Waals surface area contributed by atoms with Crippen molar-refractivity contribution < 1.29 is 28.2 Å². The first-order chi connectivity index (χ1) is 14.4. The van der Waals surface area contributed by atoms with Crippen LogP contribution in [0, 0.1) is 11.6 Å². The van der Waals surface area contributed by atoms with E-state index in [-0.39, 0.29) is 36.0 Å². The van der Waals surface area contributed by atoms with E-state index >= 15 is 0 Å². The summed E-state index contributed by atoms with van der Waals surface area (Å²) < 4.78 is 33.7. The van der Waals surface area contributed by atoms with Crippen LogP contribution in [0.2, 0.25) is 0 Å². The minimum absolute atomic E-state index is 0.0336. The smallest absolute Gasteiger partial charge is 0.274 e. The second-order valence-corrected chi connectivity index (χ2v) is 7.23. The first-order valence-corrected chi connectivity index (χ1v) is 9.44. The molecule has 0 radical (unpaired) electrons. The zero-order valence-electron chi connectivity index (χ0n) is 15.9. The van der Waals surface area contributed by atoms with Gasteiger partial charge in [0, 0.05) is 44.1 Å². The quantitative estimate of drug-likeness (QED) is 0.778. The van der Waals surface area contributed by atoms with Gasteiger partial charge in [0.2, 0.25) is 5.43 Å². The summed E-state index contributed by atoms with van der Waals surface area (Å²) in [5.41, 5.74) is -1.53. The molecule has 2 aliphatic heterocycles. The number of carbonyl (C=O) groups excluding carboxylic acids is 2. The van der Waals surface area contributed by atoms with Crippen molar-refractivity contribution in [2.45, 2.75) is 19.0 Å². The number of ether oxygens (including phenoxy) is 1. The Kier molecular flexibility index (Phi) is 5.25. The number of halogens is 2. The lowest BCUT2D eigenvalue weighted by Gasteiger charge is -2.37. The fraction of sp³-hybridized carbons (Fsp3) is 0.350. The Hall–Kier alpha value is -3.27. The molecule has 2 aliphatic rings. The molecule has 0 aliphatic carbocycles. The standard InChI is InChI=1S/C20H19F2N3O5/c21-12-3-2-11(15(22)6-12)7-23-19(28)14-9-25-13-8-24(4-1-5-30-10-13)20(29)16(25)18(27)17(14)26/h2-3,6,9,13,27H,1,4-5,7-8,10H2,(H,23,28)/t13-/m0/s1. The molecule has 2 N–H and O–H groups in total. The molecule has 1 aromatic carbocycles. The SMILES string of the molecule is O=C(NCc1ccc(F)cc1F)c1cn2c(c(O)c1=O)C(=O)N1CCCOC[C@@H]2C1. The van der Waals surface area contributed by atoms with Crippen molar-refractivity contribution in [1.82, 2.24) is 14.8 Å². The minimum atomic E-state index is -0.995. The molecule has 1 aromatic heterocycles. The van der Waals surface area contributed by atoms with E-state index in [1.54, 1.807) is 4.90 Å². The Morgan fingerprint density at radius 2 is 2.10 bits per heavy atom. The highest BCUT2D eigenvalue weighted by Crippen LogP contribution is 2.28. The maximum Gasteiger partial charge on any atom is 0.274 e. The van der Waals surface area contributed by atoms with Gasteiger partial charge in [-0.15, -0.1) is 0 Å². The van der Waals surface area contributed by atoms with Crippen LogP contribution in [-0.4, -0.2) is 52.7 Å². The van der Waals surface area contributed by atoms with Crippen LogP contribution in [-0.2, 0) is 11.3 Å². The number of carbonyl (C=O) groups is 2. The highest BCUT2D eigenvalue weighted by molar-refractivity contribution is 5.99. The van der Waals surface area contributed by atoms with Crippen molar-refractivity contribution in [3.63, 3.8) is 0 Å². The maximum atomic E-state index is 13.8. The predicted molar refractivity (Wildman–Crippen MR) is 100 cm³/mol. The molecule has 4 rings (SSSR count). The molecule has 8 nitrogen and oxygen atoms in total. The van der Waals surface area contributed by atoms with E-state index in [4.69, 9.17) is 4.74 Å². The van der Waals surface area contributed by atoms with Gasteiger partial charge >= 0.3 is 0 Å². The van der Waals surface area contributed by atoms with Gasteiger partial charge in [-0.2, -0.15) is 0 Å². The molecule has 0 saturated carbocycles. The molecule has 2 aromatic rings. The normalized spacial score (nSPS) is 18.4. The Morgan fingerprint density at radius 1 is 1.30 bits per heavy atom. The average molecular weight is 419 g/mol. The number of pyridine rings is 1. The van der Waals surface area contributed by atoms with Crippen molar-refractivity contribution in [3.8, 4) is 5.75 Å².